The minimum atomic E-state index is -2.37. The lowest BCUT2D eigenvalue weighted by Gasteiger charge is -2.18. The predicted molar refractivity (Wildman–Crippen MR) is 107 cm³/mol. The number of halogens is 1. The number of carbonyl (C=O) groups excluding carboxylic acids is 1. The summed E-state index contributed by atoms with van der Waals surface area (Å²) in [6.45, 7) is 3.14. The molecule has 2 rings (SSSR count). The topological polar surface area (TPSA) is 82.1 Å². The molecular formula is C20H23ClO6P+. The van der Waals surface area contributed by atoms with Gasteiger partial charge in [0.15, 0.2) is 6.61 Å². The van der Waals surface area contributed by atoms with Crippen molar-refractivity contribution in [2.24, 2.45) is 5.41 Å². The number of aliphatic hydroxyl groups is 1. The monoisotopic (exact) mass is 425 g/mol. The summed E-state index contributed by atoms with van der Waals surface area (Å²) in [6, 6.07) is 15.2. The molecule has 28 heavy (non-hydrogen) atoms. The Hall–Kier alpha value is -1.98. The molecule has 0 aromatic heterocycles. The molecule has 0 radical (unpaired) electrons. The van der Waals surface area contributed by atoms with E-state index in [1.807, 2.05) is 0 Å². The average Bonchev–Trinajstić information content (AvgIpc) is 2.70. The molecule has 2 unspecified atom stereocenters. The van der Waals surface area contributed by atoms with Crippen LogP contribution in [0.25, 0.3) is 0 Å². The molecule has 0 bridgehead atoms. The van der Waals surface area contributed by atoms with Gasteiger partial charge in [-0.1, -0.05) is 55.8 Å². The van der Waals surface area contributed by atoms with Crippen LogP contribution < -0.4 is 4.74 Å². The fourth-order valence-corrected chi connectivity index (χ4v) is 3.39. The van der Waals surface area contributed by atoms with Gasteiger partial charge in [0.1, 0.15) is 12.4 Å². The van der Waals surface area contributed by atoms with Gasteiger partial charge in [0, 0.05) is 16.0 Å². The van der Waals surface area contributed by atoms with Gasteiger partial charge in [0.05, 0.1) is 6.61 Å². The highest BCUT2D eigenvalue weighted by Crippen LogP contribution is 2.44. The molecular weight excluding hydrogens is 403 g/mol. The Morgan fingerprint density at radius 2 is 1.79 bits per heavy atom. The van der Waals surface area contributed by atoms with Crippen LogP contribution in [0, 0.1) is 5.41 Å². The van der Waals surface area contributed by atoms with Crippen LogP contribution in [0.2, 0.25) is 5.02 Å². The molecule has 0 fully saturated rings. The molecule has 8 heteroatoms. The van der Waals surface area contributed by atoms with Crippen LogP contribution in [0.3, 0.4) is 0 Å². The van der Waals surface area contributed by atoms with Crippen molar-refractivity contribution in [2.75, 3.05) is 19.8 Å². The third-order valence-corrected chi connectivity index (χ3v) is 5.12. The van der Waals surface area contributed by atoms with Gasteiger partial charge in [0.2, 0.25) is 0 Å². The van der Waals surface area contributed by atoms with E-state index in [0.29, 0.717) is 16.3 Å². The van der Waals surface area contributed by atoms with Gasteiger partial charge in [-0.25, -0.2) is 4.79 Å². The highest BCUT2D eigenvalue weighted by molar-refractivity contribution is 7.39. The van der Waals surface area contributed by atoms with E-state index >= 15 is 0 Å². The smallest absolute Gasteiger partial charge is 0.482 e. The molecule has 1 N–H and O–H groups in total. The zero-order valence-electron chi connectivity index (χ0n) is 15.7. The molecule has 2 aromatic carbocycles. The molecule has 0 spiro atoms. The molecule has 2 aromatic rings. The van der Waals surface area contributed by atoms with E-state index in [2.05, 4.69) is 0 Å². The van der Waals surface area contributed by atoms with Crippen molar-refractivity contribution >= 4 is 25.6 Å². The second-order valence-corrected chi connectivity index (χ2v) is 8.61. The van der Waals surface area contributed by atoms with Gasteiger partial charge in [0.25, 0.3) is 0 Å². The molecule has 150 valence electrons. The molecule has 0 saturated heterocycles. The van der Waals surface area contributed by atoms with Crippen LogP contribution >= 0.6 is 19.6 Å². The number of rotatable bonds is 10. The number of esters is 1. The van der Waals surface area contributed by atoms with Gasteiger partial charge in [-0.15, -0.1) is 4.52 Å². The number of hydrogen-bond donors (Lipinski definition) is 1. The Kier molecular flexibility index (Phi) is 8.39. The first-order chi connectivity index (χ1) is 13.3. The van der Waals surface area contributed by atoms with Crippen molar-refractivity contribution in [3.8, 4) is 5.75 Å². The maximum atomic E-state index is 12.7. The fraction of sp³-hybridized carbons (Fsp3) is 0.350. The summed E-state index contributed by atoms with van der Waals surface area (Å²) >= 11 is 5.81. The lowest BCUT2D eigenvalue weighted by atomic mass is 9.97. The zero-order valence-corrected chi connectivity index (χ0v) is 17.4. The summed E-state index contributed by atoms with van der Waals surface area (Å²) in [5.74, 6) is -1.30. The molecule has 6 nitrogen and oxygen atoms in total. The molecule has 0 amide bonds. The lowest BCUT2D eigenvalue weighted by molar-refractivity contribution is -0.148. The second-order valence-electron chi connectivity index (χ2n) is 6.88. The molecule has 2 atom stereocenters. The predicted octanol–water partition coefficient (Wildman–Crippen LogP) is 4.74. The minimum Gasteiger partial charge on any atom is -0.482 e. The van der Waals surface area contributed by atoms with Crippen LogP contribution in [-0.4, -0.2) is 30.9 Å². The van der Waals surface area contributed by atoms with E-state index in [-0.39, 0.29) is 19.8 Å². The molecule has 0 saturated carbocycles. The van der Waals surface area contributed by atoms with Gasteiger partial charge in [-0.2, -0.15) is 0 Å². The number of benzene rings is 2. The normalized spacial score (nSPS) is 12.9. The lowest BCUT2D eigenvalue weighted by Crippen LogP contribution is -2.23. The van der Waals surface area contributed by atoms with Crippen LogP contribution in [-0.2, 0) is 18.6 Å². The number of aliphatic hydroxyl groups excluding tert-OH is 1. The van der Waals surface area contributed by atoms with E-state index in [1.54, 1.807) is 68.4 Å². The van der Waals surface area contributed by atoms with Crippen molar-refractivity contribution < 1.29 is 28.5 Å². The minimum absolute atomic E-state index is 0.0564. The molecule has 0 heterocycles. The summed E-state index contributed by atoms with van der Waals surface area (Å²) in [7, 11) is -2.37. The summed E-state index contributed by atoms with van der Waals surface area (Å²) < 4.78 is 28.8. The van der Waals surface area contributed by atoms with E-state index < -0.39 is 25.3 Å². The van der Waals surface area contributed by atoms with E-state index in [4.69, 9.17) is 25.6 Å². The van der Waals surface area contributed by atoms with Gasteiger partial charge in [-0.05, 0) is 28.8 Å². The number of hydrogen-bond acceptors (Lipinski definition) is 6. The van der Waals surface area contributed by atoms with Gasteiger partial charge < -0.3 is 14.6 Å². The highest BCUT2D eigenvalue weighted by atomic mass is 35.5. The van der Waals surface area contributed by atoms with Crippen molar-refractivity contribution in [3.63, 3.8) is 0 Å². The van der Waals surface area contributed by atoms with Crippen LogP contribution in [0.15, 0.2) is 54.6 Å². The first kappa shape index (κ1) is 22.3. The number of ether oxygens (including phenoxy) is 2. The van der Waals surface area contributed by atoms with Gasteiger partial charge in [-0.3, -0.25) is 0 Å². The van der Waals surface area contributed by atoms with Crippen LogP contribution in [0.5, 0.6) is 5.75 Å². The van der Waals surface area contributed by atoms with Gasteiger partial charge >= 0.3 is 19.8 Å². The standard InChI is InChI=1S/C20H23ClO6P/c1-20(2,13-22)14-26-28(24)19(15-6-4-3-5-7-15)27-18(23)12-25-17-10-8-16(21)9-11-17/h3-11,19,22H,12-14H2,1-2H3/q+1. The Bertz CT molecular complexity index is 779. The Morgan fingerprint density at radius 1 is 1.14 bits per heavy atom. The Balaban J connectivity index is 2.01. The SMILES string of the molecule is CC(C)(CO)CO[P+](=O)C(OC(=O)COc1ccc(Cl)cc1)c1ccccc1. The van der Waals surface area contributed by atoms with Crippen molar-refractivity contribution in [2.45, 2.75) is 19.7 Å². The summed E-state index contributed by atoms with van der Waals surface area (Å²) in [4.78, 5) is 12.2. The largest absolute Gasteiger partial charge is 0.558 e. The first-order valence-corrected chi connectivity index (χ1v) is 10.3. The Labute approximate surface area is 170 Å². The van der Waals surface area contributed by atoms with Crippen molar-refractivity contribution in [1.82, 2.24) is 0 Å². The second kappa shape index (κ2) is 10.5. The third kappa shape index (κ3) is 7.21. The average molecular weight is 426 g/mol. The highest BCUT2D eigenvalue weighted by Gasteiger charge is 2.40. The molecule has 0 aliphatic carbocycles. The quantitative estimate of drug-likeness (QED) is 0.437. The van der Waals surface area contributed by atoms with Crippen molar-refractivity contribution in [3.05, 3.63) is 65.2 Å². The fourth-order valence-electron chi connectivity index (χ4n) is 2.03. The Morgan fingerprint density at radius 3 is 2.39 bits per heavy atom. The summed E-state index contributed by atoms with van der Waals surface area (Å²) in [6.07, 6.45) is 0. The van der Waals surface area contributed by atoms with Crippen LogP contribution in [0.1, 0.15) is 25.3 Å². The zero-order chi connectivity index (χ0) is 20.6. The van der Waals surface area contributed by atoms with E-state index in [1.165, 1.54) is 0 Å². The maximum Gasteiger partial charge on any atom is 0.558 e. The third-order valence-electron chi connectivity index (χ3n) is 3.70. The number of carbonyl (C=O) groups is 1. The van der Waals surface area contributed by atoms with Crippen molar-refractivity contribution in [1.29, 1.82) is 0 Å². The summed E-state index contributed by atoms with van der Waals surface area (Å²) in [5.41, 5.74) is -0.0150. The van der Waals surface area contributed by atoms with Crippen LogP contribution in [0.4, 0.5) is 0 Å². The van der Waals surface area contributed by atoms with E-state index in [0.717, 1.165) is 0 Å². The first-order valence-electron chi connectivity index (χ1n) is 8.64. The summed E-state index contributed by atoms with van der Waals surface area (Å²) in [5, 5.41) is 9.87. The molecule has 0 aliphatic rings. The van der Waals surface area contributed by atoms with E-state index in [9.17, 15) is 14.5 Å². The molecule has 0 aliphatic heterocycles. The maximum absolute atomic E-state index is 12.7.